The second-order valence-electron chi connectivity index (χ2n) is 5.78. The summed E-state index contributed by atoms with van der Waals surface area (Å²) in [5.41, 5.74) is 0.136. The Kier molecular flexibility index (Phi) is 6.95. The van der Waals surface area contributed by atoms with Crippen LogP contribution in [0.1, 0.15) is 53.9 Å². The summed E-state index contributed by atoms with van der Waals surface area (Å²) in [7, 11) is 1.70. The molecule has 2 atom stereocenters. The summed E-state index contributed by atoms with van der Waals surface area (Å²) in [5.74, 6) is 0. The molecule has 0 bridgehead atoms. The van der Waals surface area contributed by atoms with Crippen molar-refractivity contribution in [2.75, 3.05) is 13.7 Å². The fourth-order valence-electron chi connectivity index (χ4n) is 2.95. The number of ether oxygens (including phenoxy) is 1. The van der Waals surface area contributed by atoms with Gasteiger partial charge in [-0.25, -0.2) is 0 Å². The van der Waals surface area contributed by atoms with Gasteiger partial charge in [0.1, 0.15) is 0 Å². The number of aliphatic imine (C=N–C) groups is 1. The van der Waals surface area contributed by atoms with E-state index < -0.39 is 0 Å². The van der Waals surface area contributed by atoms with E-state index in [9.17, 15) is 0 Å². The zero-order valence-corrected chi connectivity index (χ0v) is 12.5. The van der Waals surface area contributed by atoms with Crippen molar-refractivity contribution in [3.63, 3.8) is 0 Å². The summed E-state index contributed by atoms with van der Waals surface area (Å²) in [5, 5.41) is 3.60. The van der Waals surface area contributed by atoms with Gasteiger partial charge in [0, 0.05) is 18.1 Å². The van der Waals surface area contributed by atoms with Crippen molar-refractivity contribution in [1.29, 1.82) is 0 Å². The van der Waals surface area contributed by atoms with Crippen molar-refractivity contribution < 1.29 is 4.74 Å². The van der Waals surface area contributed by atoms with Gasteiger partial charge >= 0.3 is 0 Å². The van der Waals surface area contributed by atoms with Crippen LogP contribution in [0.25, 0.3) is 0 Å². The Balaban J connectivity index is 4.77. The van der Waals surface area contributed by atoms with Crippen LogP contribution in [0.2, 0.25) is 0 Å². The normalized spacial score (nSPS) is 17.5. The first kappa shape index (κ1) is 16.6. The van der Waals surface area contributed by atoms with Crippen LogP contribution in [0, 0.1) is 5.41 Å². The van der Waals surface area contributed by atoms with E-state index in [0.29, 0.717) is 0 Å². The van der Waals surface area contributed by atoms with Crippen molar-refractivity contribution in [2.24, 2.45) is 10.4 Å². The van der Waals surface area contributed by atoms with Crippen LogP contribution in [0.5, 0.6) is 0 Å². The monoisotopic (exact) mass is 242 g/mol. The number of rotatable bonds is 9. The van der Waals surface area contributed by atoms with Gasteiger partial charge in [-0.1, -0.05) is 34.1 Å². The van der Waals surface area contributed by atoms with Crippen LogP contribution >= 0.6 is 0 Å². The first-order chi connectivity index (χ1) is 7.85. The molecule has 0 aromatic heterocycles. The molecule has 0 aliphatic carbocycles. The zero-order chi connectivity index (χ0) is 13.5. The van der Waals surface area contributed by atoms with Gasteiger partial charge in [0.05, 0.1) is 0 Å². The fourth-order valence-corrected chi connectivity index (χ4v) is 2.95. The summed E-state index contributed by atoms with van der Waals surface area (Å²) in [6.07, 6.45) is 3.23. The van der Waals surface area contributed by atoms with E-state index in [0.717, 1.165) is 19.4 Å². The van der Waals surface area contributed by atoms with Crippen LogP contribution in [0.4, 0.5) is 0 Å². The molecule has 0 aromatic rings. The number of methoxy groups -OCH3 is 1. The molecule has 0 aliphatic heterocycles. The Bertz CT molecular complexity index is 220. The molecular weight excluding hydrogens is 212 g/mol. The van der Waals surface area contributed by atoms with E-state index in [1.807, 2.05) is 0 Å². The molecule has 3 nitrogen and oxygen atoms in total. The molecule has 0 saturated carbocycles. The number of hydrogen-bond acceptors (Lipinski definition) is 3. The van der Waals surface area contributed by atoms with Crippen molar-refractivity contribution in [2.45, 2.75) is 65.6 Å². The third-order valence-corrected chi connectivity index (χ3v) is 3.31. The number of nitrogens with zero attached hydrogens (tertiary/aromatic N) is 1. The van der Waals surface area contributed by atoms with E-state index in [4.69, 9.17) is 4.74 Å². The summed E-state index contributed by atoms with van der Waals surface area (Å²) in [6.45, 7) is 15.7. The maximum Gasteiger partial charge on any atom is 0.152 e. The second-order valence-corrected chi connectivity index (χ2v) is 5.78. The Morgan fingerprint density at radius 3 is 2.24 bits per heavy atom. The molecule has 0 spiro atoms. The highest BCUT2D eigenvalue weighted by atomic mass is 16.5. The van der Waals surface area contributed by atoms with Crippen molar-refractivity contribution in [1.82, 2.24) is 5.32 Å². The second kappa shape index (κ2) is 7.12. The molecule has 0 aromatic carbocycles. The van der Waals surface area contributed by atoms with Crippen LogP contribution < -0.4 is 5.32 Å². The van der Waals surface area contributed by atoms with Crippen LogP contribution in [-0.2, 0) is 4.74 Å². The maximum absolute atomic E-state index is 5.41. The maximum atomic E-state index is 5.41. The largest absolute Gasteiger partial charge is 0.359 e. The highest BCUT2D eigenvalue weighted by molar-refractivity contribution is 5.24. The van der Waals surface area contributed by atoms with E-state index in [1.54, 1.807) is 7.11 Å². The van der Waals surface area contributed by atoms with Crippen molar-refractivity contribution in [3.8, 4) is 0 Å². The minimum absolute atomic E-state index is 0.0113. The molecule has 102 valence electrons. The fraction of sp³-hybridized carbons (Fsp3) is 0.929. The third kappa shape index (κ3) is 5.17. The van der Waals surface area contributed by atoms with Crippen LogP contribution in [-0.4, -0.2) is 32.1 Å². The smallest absolute Gasteiger partial charge is 0.152 e. The summed E-state index contributed by atoms with van der Waals surface area (Å²) in [4.78, 5) is 4.08. The van der Waals surface area contributed by atoms with Gasteiger partial charge in [0.2, 0.25) is 0 Å². The van der Waals surface area contributed by atoms with Crippen LogP contribution in [0.15, 0.2) is 4.99 Å². The summed E-state index contributed by atoms with van der Waals surface area (Å²) in [6, 6.07) is 0. The Morgan fingerprint density at radius 1 is 1.29 bits per heavy atom. The van der Waals surface area contributed by atoms with E-state index >= 15 is 0 Å². The van der Waals surface area contributed by atoms with Gasteiger partial charge in [0.25, 0.3) is 0 Å². The summed E-state index contributed by atoms with van der Waals surface area (Å²) >= 11 is 0. The van der Waals surface area contributed by atoms with E-state index in [-0.39, 0.29) is 17.2 Å². The lowest BCUT2D eigenvalue weighted by molar-refractivity contribution is -0.00596. The Labute approximate surface area is 107 Å². The van der Waals surface area contributed by atoms with Gasteiger partial charge in [-0.05, 0) is 33.0 Å². The van der Waals surface area contributed by atoms with Gasteiger partial charge in [-0.15, -0.1) is 0 Å². The minimum atomic E-state index is -0.141. The average Bonchev–Trinajstić information content (AvgIpc) is 2.17. The minimum Gasteiger partial charge on any atom is -0.359 e. The zero-order valence-electron chi connectivity index (χ0n) is 12.5. The van der Waals surface area contributed by atoms with Gasteiger partial charge in [-0.2, -0.15) is 0 Å². The predicted octanol–water partition coefficient (Wildman–Crippen LogP) is 3.24. The predicted molar refractivity (Wildman–Crippen MR) is 75.7 cm³/mol. The quantitative estimate of drug-likeness (QED) is 0.630. The third-order valence-electron chi connectivity index (χ3n) is 3.31. The van der Waals surface area contributed by atoms with Gasteiger partial charge in [0.15, 0.2) is 6.23 Å². The summed E-state index contributed by atoms with van der Waals surface area (Å²) < 4.78 is 5.41. The molecule has 0 fully saturated rings. The van der Waals surface area contributed by atoms with Crippen LogP contribution in [0.3, 0.4) is 0 Å². The lowest BCUT2D eigenvalue weighted by atomic mass is 9.76. The molecule has 0 heterocycles. The molecule has 2 unspecified atom stereocenters. The first-order valence-corrected chi connectivity index (χ1v) is 6.59. The molecule has 0 amide bonds. The van der Waals surface area contributed by atoms with Gasteiger partial charge in [-0.3, -0.25) is 4.99 Å². The topological polar surface area (TPSA) is 33.6 Å². The Morgan fingerprint density at radius 2 is 1.88 bits per heavy atom. The van der Waals surface area contributed by atoms with Crippen molar-refractivity contribution >= 4 is 6.72 Å². The standard InChI is InChI=1S/C14H30N2O/c1-8-10-14(5,16-9-2)11-13(3,4)12(15-6)17-7/h12,16H,6,8-11H2,1-5,7H3. The highest BCUT2D eigenvalue weighted by Crippen LogP contribution is 2.35. The van der Waals surface area contributed by atoms with Gasteiger partial charge < -0.3 is 10.1 Å². The Hall–Kier alpha value is -0.410. The molecule has 1 N–H and O–H groups in total. The first-order valence-electron chi connectivity index (χ1n) is 6.59. The molecule has 0 aliphatic rings. The molecular formula is C14H30N2O. The molecule has 0 radical (unpaired) electrons. The SMILES string of the molecule is C=NC(OC)C(C)(C)CC(C)(CCC)NCC. The lowest BCUT2D eigenvalue weighted by Gasteiger charge is -2.40. The molecule has 17 heavy (non-hydrogen) atoms. The highest BCUT2D eigenvalue weighted by Gasteiger charge is 2.36. The average molecular weight is 242 g/mol. The number of hydrogen-bond donors (Lipinski definition) is 1. The molecule has 3 heteroatoms. The molecule has 0 saturated heterocycles. The lowest BCUT2D eigenvalue weighted by Crippen LogP contribution is -2.48. The number of nitrogens with one attached hydrogen (secondary N) is 1. The molecule has 0 rings (SSSR count). The van der Waals surface area contributed by atoms with Crippen molar-refractivity contribution in [3.05, 3.63) is 0 Å². The van der Waals surface area contributed by atoms with E-state index in [1.165, 1.54) is 6.42 Å². The van der Waals surface area contributed by atoms with E-state index in [2.05, 4.69) is 51.6 Å².